The van der Waals surface area contributed by atoms with Gasteiger partial charge in [-0.3, -0.25) is 10.2 Å². The van der Waals surface area contributed by atoms with E-state index in [2.05, 4.69) is 0 Å². The van der Waals surface area contributed by atoms with Gasteiger partial charge in [-0.2, -0.15) is 0 Å². The summed E-state index contributed by atoms with van der Waals surface area (Å²) in [6.07, 6.45) is 0.252. The predicted octanol–water partition coefficient (Wildman–Crippen LogP) is -1.79. The van der Waals surface area contributed by atoms with Crippen LogP contribution < -0.4 is 11.6 Å². The van der Waals surface area contributed by atoms with E-state index in [4.69, 9.17) is 17.0 Å². The summed E-state index contributed by atoms with van der Waals surface area (Å²) in [7, 11) is 0. The maximum atomic E-state index is 9.53. The summed E-state index contributed by atoms with van der Waals surface area (Å²) < 4.78 is 0. The van der Waals surface area contributed by atoms with Gasteiger partial charge in [-0.15, -0.1) is 0 Å². The number of hydrogen-bond donors (Lipinski definition) is 3. The van der Waals surface area contributed by atoms with Crippen LogP contribution in [0.1, 0.15) is 0 Å². The van der Waals surface area contributed by atoms with Crippen molar-refractivity contribution in [3.05, 3.63) is 0 Å². The van der Waals surface area contributed by atoms with Gasteiger partial charge in [0, 0.05) is 0 Å². The summed E-state index contributed by atoms with van der Waals surface area (Å²) in [5.74, 6) is 4.27. The largest absolute Gasteiger partial charge is 0.369 e. The molecule has 0 radical (unpaired) electrons. The number of nitrogens with zero attached hydrogens (tertiary/aromatic N) is 1. The number of rotatable bonds is 1. The first-order valence-corrected chi connectivity index (χ1v) is 1.51. The molecule has 5 nitrogen and oxygen atoms in total. The van der Waals surface area contributed by atoms with Crippen molar-refractivity contribution in [1.29, 1.82) is 5.41 Å². The quantitative estimate of drug-likeness (QED) is 0.0910. The smallest absolute Gasteiger partial charge is 0.230 e. The van der Waals surface area contributed by atoms with Crippen LogP contribution in [0.2, 0.25) is 0 Å². The van der Waals surface area contributed by atoms with E-state index in [1.165, 1.54) is 0 Å². The molecular weight excluding hydrogens is 96.0 g/mol. The number of hydrogen-bond acceptors (Lipinski definition) is 3. The van der Waals surface area contributed by atoms with Crippen molar-refractivity contribution in [2.45, 2.75) is 0 Å². The van der Waals surface area contributed by atoms with Crippen LogP contribution in [-0.2, 0) is 4.79 Å². The highest BCUT2D eigenvalue weighted by Crippen LogP contribution is 1.58. The Bertz CT molecular complexity index is 89.7. The second-order valence-electron chi connectivity index (χ2n) is 0.898. The molecule has 0 aromatic carbocycles. The molecule has 0 aliphatic rings. The normalized spacial score (nSPS) is 7.57. The van der Waals surface area contributed by atoms with Gasteiger partial charge < -0.3 is 5.73 Å². The van der Waals surface area contributed by atoms with Crippen LogP contribution in [0.5, 0.6) is 0 Å². The lowest BCUT2D eigenvalue weighted by atomic mass is 10.9. The van der Waals surface area contributed by atoms with E-state index >= 15 is 0 Å². The molecule has 1 amide bonds. The van der Waals surface area contributed by atoms with Crippen LogP contribution in [-0.4, -0.2) is 17.4 Å². The van der Waals surface area contributed by atoms with Crippen molar-refractivity contribution in [3.63, 3.8) is 0 Å². The van der Waals surface area contributed by atoms with Crippen molar-refractivity contribution >= 4 is 12.4 Å². The number of amides is 1. The molecule has 0 aromatic rings. The van der Waals surface area contributed by atoms with E-state index < -0.39 is 5.96 Å². The van der Waals surface area contributed by atoms with Crippen molar-refractivity contribution in [1.82, 2.24) is 5.01 Å². The molecule has 0 saturated carbocycles. The van der Waals surface area contributed by atoms with Crippen molar-refractivity contribution in [3.8, 4) is 0 Å². The molecule has 0 aliphatic carbocycles. The van der Waals surface area contributed by atoms with E-state index in [9.17, 15) is 4.79 Å². The second-order valence-corrected chi connectivity index (χ2v) is 0.898. The van der Waals surface area contributed by atoms with Gasteiger partial charge in [0.25, 0.3) is 0 Å². The number of carbonyl (C=O) groups is 1. The van der Waals surface area contributed by atoms with Crippen LogP contribution in [0.4, 0.5) is 0 Å². The zero-order valence-electron chi connectivity index (χ0n) is 3.59. The molecule has 0 saturated heterocycles. The maximum absolute atomic E-state index is 9.53. The lowest BCUT2D eigenvalue weighted by molar-refractivity contribution is -0.115. The molecule has 40 valence electrons. The Labute approximate surface area is 40.4 Å². The lowest BCUT2D eigenvalue weighted by Crippen LogP contribution is -2.40. The summed E-state index contributed by atoms with van der Waals surface area (Å²) in [5.41, 5.74) is 4.70. The topological polar surface area (TPSA) is 96.2 Å². The first kappa shape index (κ1) is 5.90. The number of nitrogens with one attached hydrogen (secondary N) is 1. The van der Waals surface area contributed by atoms with E-state index in [1.54, 1.807) is 0 Å². The van der Waals surface area contributed by atoms with Gasteiger partial charge in [-0.05, 0) is 0 Å². The highest BCUT2D eigenvalue weighted by Gasteiger charge is 1.91. The third kappa shape index (κ3) is 1.72. The summed E-state index contributed by atoms with van der Waals surface area (Å²) in [5, 5.41) is 6.92. The van der Waals surface area contributed by atoms with Crippen molar-refractivity contribution in [2.24, 2.45) is 11.6 Å². The Balaban J connectivity index is 3.55. The monoisotopic (exact) mass is 102 g/mol. The van der Waals surface area contributed by atoms with Gasteiger partial charge in [-0.25, -0.2) is 10.9 Å². The second kappa shape index (κ2) is 2.14. The standard InChI is InChI=1S/C2H6N4O/c3-2(4)6(5)1-7/h1H,5H2,(H3,3,4). The summed E-state index contributed by atoms with van der Waals surface area (Å²) >= 11 is 0. The molecule has 0 unspecified atom stereocenters. The third-order valence-electron chi connectivity index (χ3n) is 0.392. The zero-order valence-corrected chi connectivity index (χ0v) is 3.59. The molecular formula is C2H6N4O. The zero-order chi connectivity index (χ0) is 5.86. The molecule has 0 rings (SSSR count). The molecule has 0 aromatic heterocycles. The first-order valence-electron chi connectivity index (χ1n) is 1.51. The number of carbonyl (C=O) groups excluding carboxylic acids is 1. The average molecular weight is 102 g/mol. The van der Waals surface area contributed by atoms with Crippen LogP contribution >= 0.6 is 0 Å². The fourth-order valence-corrected chi connectivity index (χ4v) is 0.0568. The SMILES string of the molecule is N=C(N)N(N)C=O. The maximum Gasteiger partial charge on any atom is 0.230 e. The van der Waals surface area contributed by atoms with Crippen LogP contribution in [0.3, 0.4) is 0 Å². The highest BCUT2D eigenvalue weighted by molar-refractivity contribution is 5.83. The Kier molecular flexibility index (Phi) is 1.80. The molecule has 0 bridgehead atoms. The van der Waals surface area contributed by atoms with Gasteiger partial charge in [0.15, 0.2) is 0 Å². The Morgan fingerprint density at radius 2 is 2.29 bits per heavy atom. The number of guanidine groups is 1. The molecule has 0 atom stereocenters. The summed E-state index contributed by atoms with van der Waals surface area (Å²) in [6.45, 7) is 0. The van der Waals surface area contributed by atoms with Crippen molar-refractivity contribution < 1.29 is 4.79 Å². The fraction of sp³-hybridized carbons (Fsp3) is 0. The summed E-state index contributed by atoms with van der Waals surface area (Å²) in [4.78, 5) is 9.53. The molecule has 5 N–H and O–H groups in total. The van der Waals surface area contributed by atoms with Crippen molar-refractivity contribution in [2.75, 3.05) is 0 Å². The van der Waals surface area contributed by atoms with E-state index in [-0.39, 0.29) is 6.41 Å². The molecule has 0 spiro atoms. The van der Waals surface area contributed by atoms with Crippen LogP contribution in [0.15, 0.2) is 0 Å². The lowest BCUT2D eigenvalue weighted by Gasteiger charge is -2.03. The minimum atomic E-state index is -0.463. The van der Waals surface area contributed by atoms with Crippen LogP contribution in [0, 0.1) is 5.41 Å². The fourth-order valence-electron chi connectivity index (χ4n) is 0.0568. The van der Waals surface area contributed by atoms with Gasteiger partial charge in [0.05, 0.1) is 0 Å². The molecule has 7 heavy (non-hydrogen) atoms. The molecule has 5 heteroatoms. The minimum absolute atomic E-state index is 0.252. The number of nitrogens with two attached hydrogens (primary N) is 2. The number of hydrazine groups is 1. The van der Waals surface area contributed by atoms with E-state index in [0.29, 0.717) is 5.01 Å². The Morgan fingerprint density at radius 3 is 2.29 bits per heavy atom. The van der Waals surface area contributed by atoms with Crippen LogP contribution in [0.25, 0.3) is 0 Å². The average Bonchev–Trinajstić information content (AvgIpc) is 1.65. The minimum Gasteiger partial charge on any atom is -0.369 e. The van der Waals surface area contributed by atoms with Gasteiger partial charge in [-0.1, -0.05) is 0 Å². The summed E-state index contributed by atoms with van der Waals surface area (Å²) in [6, 6.07) is 0. The van der Waals surface area contributed by atoms with E-state index in [1.807, 2.05) is 0 Å². The predicted molar refractivity (Wildman–Crippen MR) is 24.0 cm³/mol. The molecule has 0 aliphatic heterocycles. The molecule has 0 fully saturated rings. The van der Waals surface area contributed by atoms with Gasteiger partial charge in [0.2, 0.25) is 12.4 Å². The Hall–Kier alpha value is -1.10. The Morgan fingerprint density at radius 1 is 1.86 bits per heavy atom. The highest BCUT2D eigenvalue weighted by atomic mass is 16.1. The van der Waals surface area contributed by atoms with Gasteiger partial charge in [0.1, 0.15) is 0 Å². The van der Waals surface area contributed by atoms with Gasteiger partial charge >= 0.3 is 0 Å². The van der Waals surface area contributed by atoms with E-state index in [0.717, 1.165) is 0 Å². The molecule has 0 heterocycles. The first-order chi connectivity index (χ1) is 3.18. The third-order valence-corrected chi connectivity index (χ3v) is 0.392.